The normalized spacial score (nSPS) is 62.5. The average molecular weight is 416 g/mol. The summed E-state index contributed by atoms with van der Waals surface area (Å²) >= 11 is 0. The summed E-state index contributed by atoms with van der Waals surface area (Å²) in [6.45, 7) is 11.3. The van der Waals surface area contributed by atoms with Gasteiger partial charge >= 0.3 is 0 Å². The fraction of sp³-hybridized carbons (Fsp3) is 1.00. The molecule has 2 saturated heterocycles. The van der Waals surface area contributed by atoms with Crippen molar-refractivity contribution in [2.75, 3.05) is 6.54 Å². The molecular formula is C27H45NO2. The standard InChI is InChI=1S/C27H45NO2/c1-16-7-12-27(28-15-16)17(2)24-23(30-27)14-22-20-6-5-18-13-19(29)8-10-25(18,3)21(20)9-11-26(22,24)4/h16-24,28-29H,5-15H2,1-4H3/t16-,17+,18+,19+,20-,21+,22-,23+,24-,25+,26+,27-/m1/s1. The van der Waals surface area contributed by atoms with Gasteiger partial charge in [0.1, 0.15) is 5.72 Å². The summed E-state index contributed by atoms with van der Waals surface area (Å²) < 4.78 is 7.01. The van der Waals surface area contributed by atoms with Gasteiger partial charge in [-0.2, -0.15) is 0 Å². The predicted molar refractivity (Wildman–Crippen MR) is 120 cm³/mol. The summed E-state index contributed by atoms with van der Waals surface area (Å²) in [7, 11) is 0. The molecule has 2 heterocycles. The number of nitrogens with one attached hydrogen (secondary N) is 1. The summed E-state index contributed by atoms with van der Waals surface area (Å²) in [5, 5.41) is 14.2. The van der Waals surface area contributed by atoms with Gasteiger partial charge in [0, 0.05) is 12.5 Å². The molecule has 0 bridgehead atoms. The van der Waals surface area contributed by atoms with E-state index in [2.05, 4.69) is 33.0 Å². The van der Waals surface area contributed by atoms with Gasteiger partial charge in [0.2, 0.25) is 0 Å². The molecule has 4 aliphatic carbocycles. The summed E-state index contributed by atoms with van der Waals surface area (Å²) in [5.74, 6) is 5.57. The first-order valence-electron chi connectivity index (χ1n) is 13.4. The summed E-state index contributed by atoms with van der Waals surface area (Å²) in [6.07, 6.45) is 13.2. The van der Waals surface area contributed by atoms with E-state index in [1.54, 1.807) is 0 Å². The van der Waals surface area contributed by atoms with Crippen molar-refractivity contribution < 1.29 is 9.84 Å². The van der Waals surface area contributed by atoms with Gasteiger partial charge in [0.15, 0.2) is 0 Å². The van der Waals surface area contributed by atoms with Crippen LogP contribution in [0, 0.1) is 52.3 Å². The number of aliphatic hydroxyl groups is 1. The number of hydrogen-bond acceptors (Lipinski definition) is 3. The van der Waals surface area contributed by atoms with Crippen molar-refractivity contribution in [1.29, 1.82) is 0 Å². The van der Waals surface area contributed by atoms with Crippen LogP contribution in [0.25, 0.3) is 0 Å². The van der Waals surface area contributed by atoms with E-state index in [4.69, 9.17) is 4.74 Å². The van der Waals surface area contributed by atoms with E-state index < -0.39 is 0 Å². The van der Waals surface area contributed by atoms with Crippen LogP contribution in [0.4, 0.5) is 0 Å². The van der Waals surface area contributed by atoms with Gasteiger partial charge < -0.3 is 9.84 Å². The first-order valence-corrected chi connectivity index (χ1v) is 13.4. The minimum Gasteiger partial charge on any atom is -0.393 e. The largest absolute Gasteiger partial charge is 0.393 e. The SMILES string of the molecule is C[C@@H]1CC[C@@]2(NC1)O[C@H]1C[C@@H]3[C@@H]4CC[C@H]5C[C@@H](O)CC[C@]5(C)[C@H]4CC[C@]3(C)[C@@H]1[C@@H]2C. The van der Waals surface area contributed by atoms with Crippen molar-refractivity contribution in [3.05, 3.63) is 0 Å². The topological polar surface area (TPSA) is 41.5 Å². The molecule has 3 nitrogen and oxygen atoms in total. The van der Waals surface area contributed by atoms with Crippen LogP contribution in [0.2, 0.25) is 0 Å². The van der Waals surface area contributed by atoms with Crippen molar-refractivity contribution in [2.45, 2.75) is 110 Å². The van der Waals surface area contributed by atoms with E-state index >= 15 is 0 Å². The Morgan fingerprint density at radius 1 is 0.867 bits per heavy atom. The van der Waals surface area contributed by atoms with Crippen LogP contribution >= 0.6 is 0 Å². The predicted octanol–water partition coefficient (Wildman–Crippen LogP) is 5.37. The highest BCUT2D eigenvalue weighted by atomic mass is 16.5. The maximum Gasteiger partial charge on any atom is 0.122 e. The second-order valence-electron chi connectivity index (χ2n) is 13.3. The van der Waals surface area contributed by atoms with Crippen LogP contribution in [0.1, 0.15) is 91.9 Å². The van der Waals surface area contributed by atoms with Gasteiger partial charge in [-0.25, -0.2) is 0 Å². The molecule has 2 N–H and O–H groups in total. The third-order valence-electron chi connectivity index (χ3n) is 12.1. The molecule has 0 amide bonds. The molecule has 0 radical (unpaired) electrons. The molecule has 6 rings (SSSR count). The van der Waals surface area contributed by atoms with Crippen LogP contribution < -0.4 is 5.32 Å². The molecule has 6 aliphatic rings. The average Bonchev–Trinajstić information content (AvgIpc) is 3.16. The third kappa shape index (κ3) is 2.61. The van der Waals surface area contributed by atoms with Gasteiger partial charge in [0.25, 0.3) is 0 Å². The second kappa shape index (κ2) is 6.70. The number of rotatable bonds is 0. The Bertz CT molecular complexity index is 686. The van der Waals surface area contributed by atoms with Crippen LogP contribution in [0.5, 0.6) is 0 Å². The van der Waals surface area contributed by atoms with Crippen LogP contribution in [0.3, 0.4) is 0 Å². The highest BCUT2D eigenvalue weighted by Gasteiger charge is 2.68. The molecule has 6 fully saturated rings. The highest BCUT2D eigenvalue weighted by Crippen LogP contribution is 2.71. The molecule has 0 aromatic rings. The number of hydrogen-bond donors (Lipinski definition) is 2. The van der Waals surface area contributed by atoms with Crippen molar-refractivity contribution in [3.63, 3.8) is 0 Å². The molecule has 0 aromatic heterocycles. The number of aliphatic hydroxyl groups excluding tert-OH is 1. The highest BCUT2D eigenvalue weighted by molar-refractivity contribution is 5.16. The number of piperidine rings is 1. The van der Waals surface area contributed by atoms with Gasteiger partial charge in [0.05, 0.1) is 12.2 Å². The van der Waals surface area contributed by atoms with E-state index in [-0.39, 0.29) is 11.8 Å². The zero-order valence-corrected chi connectivity index (χ0v) is 19.8. The maximum absolute atomic E-state index is 10.3. The van der Waals surface area contributed by atoms with Crippen LogP contribution in [-0.2, 0) is 4.74 Å². The van der Waals surface area contributed by atoms with Gasteiger partial charge in [-0.05, 0) is 111 Å². The zero-order chi connectivity index (χ0) is 20.9. The fourth-order valence-corrected chi connectivity index (χ4v) is 10.4. The zero-order valence-electron chi connectivity index (χ0n) is 19.8. The van der Waals surface area contributed by atoms with E-state index in [1.807, 2.05) is 0 Å². The summed E-state index contributed by atoms with van der Waals surface area (Å²) in [6, 6.07) is 0. The smallest absolute Gasteiger partial charge is 0.122 e. The number of fused-ring (bicyclic) bond motifs is 7. The van der Waals surface area contributed by atoms with Crippen molar-refractivity contribution >= 4 is 0 Å². The number of ether oxygens (including phenoxy) is 1. The molecule has 0 aromatic carbocycles. The lowest BCUT2D eigenvalue weighted by molar-refractivity contribution is -0.140. The molecular weight excluding hydrogens is 370 g/mol. The van der Waals surface area contributed by atoms with Gasteiger partial charge in [-0.15, -0.1) is 0 Å². The van der Waals surface area contributed by atoms with Gasteiger partial charge in [-0.1, -0.05) is 27.7 Å². The van der Waals surface area contributed by atoms with E-state index in [1.165, 1.54) is 51.4 Å². The molecule has 0 unspecified atom stereocenters. The Morgan fingerprint density at radius 3 is 2.43 bits per heavy atom. The summed E-state index contributed by atoms with van der Waals surface area (Å²) in [5.41, 5.74) is 0.919. The Balaban J connectivity index is 1.26. The first-order chi connectivity index (χ1) is 14.3. The van der Waals surface area contributed by atoms with E-state index in [9.17, 15) is 5.11 Å². The second-order valence-corrected chi connectivity index (χ2v) is 13.3. The van der Waals surface area contributed by atoms with Crippen LogP contribution in [0.15, 0.2) is 0 Å². The molecule has 30 heavy (non-hydrogen) atoms. The molecule has 170 valence electrons. The molecule has 3 heteroatoms. The van der Waals surface area contributed by atoms with Crippen molar-refractivity contribution in [1.82, 2.24) is 5.32 Å². The third-order valence-corrected chi connectivity index (χ3v) is 12.1. The lowest BCUT2D eigenvalue weighted by atomic mass is 9.44. The lowest BCUT2D eigenvalue weighted by Crippen LogP contribution is -2.57. The molecule has 12 atom stereocenters. The summed E-state index contributed by atoms with van der Waals surface area (Å²) in [4.78, 5) is 0. The molecule has 2 aliphatic heterocycles. The minimum atomic E-state index is -0.0320. The van der Waals surface area contributed by atoms with Crippen molar-refractivity contribution in [3.8, 4) is 0 Å². The Morgan fingerprint density at radius 2 is 1.67 bits per heavy atom. The van der Waals surface area contributed by atoms with Crippen molar-refractivity contribution in [2.24, 2.45) is 52.3 Å². The Kier molecular flexibility index (Phi) is 4.58. The van der Waals surface area contributed by atoms with Crippen LogP contribution in [-0.4, -0.2) is 29.6 Å². The molecule has 4 saturated carbocycles. The fourth-order valence-electron chi connectivity index (χ4n) is 10.4. The monoisotopic (exact) mass is 415 g/mol. The molecule has 1 spiro atoms. The van der Waals surface area contributed by atoms with E-state index in [0.29, 0.717) is 22.9 Å². The lowest BCUT2D eigenvalue weighted by Gasteiger charge is -2.61. The van der Waals surface area contributed by atoms with Gasteiger partial charge in [-0.3, -0.25) is 5.32 Å². The quantitative estimate of drug-likeness (QED) is 0.559. The Labute approximate surface area is 184 Å². The first kappa shape index (κ1) is 20.5. The minimum absolute atomic E-state index is 0.0319. The van der Waals surface area contributed by atoms with E-state index in [0.717, 1.165) is 54.9 Å². The maximum atomic E-state index is 10.3. The Hall–Kier alpha value is -0.120.